The Labute approximate surface area is 147 Å². The summed E-state index contributed by atoms with van der Waals surface area (Å²) in [4.78, 5) is 20.4. The van der Waals surface area contributed by atoms with Crippen molar-refractivity contribution in [3.8, 4) is 0 Å². The Morgan fingerprint density at radius 2 is 1.44 bits per heavy atom. The minimum Gasteiger partial charge on any atom is -0.295 e. The van der Waals surface area contributed by atoms with Crippen molar-refractivity contribution in [1.29, 1.82) is 0 Å². The van der Waals surface area contributed by atoms with E-state index in [1.54, 1.807) is 12.4 Å². The second-order valence-electron chi connectivity index (χ2n) is 5.62. The third-order valence-corrected chi connectivity index (χ3v) is 3.67. The Morgan fingerprint density at radius 3 is 2.12 bits per heavy atom. The monoisotopic (exact) mass is 329 g/mol. The van der Waals surface area contributed by atoms with E-state index < -0.39 is 0 Å². The van der Waals surface area contributed by atoms with Gasteiger partial charge in [0.05, 0.1) is 0 Å². The topological polar surface area (TPSA) is 54.9 Å². The van der Waals surface area contributed by atoms with Gasteiger partial charge in [-0.2, -0.15) is 0 Å². The predicted molar refractivity (Wildman–Crippen MR) is 101 cm³/mol. The van der Waals surface area contributed by atoms with E-state index in [4.69, 9.17) is 0 Å². The van der Waals surface area contributed by atoms with Gasteiger partial charge in [0, 0.05) is 24.4 Å². The molecule has 124 valence electrons. The molecule has 0 fully saturated rings. The lowest BCUT2D eigenvalue weighted by Crippen LogP contribution is -2.14. The van der Waals surface area contributed by atoms with Gasteiger partial charge in [0.1, 0.15) is 0 Å². The summed E-state index contributed by atoms with van der Waals surface area (Å²) in [5.74, 6) is 0.242. The lowest BCUT2D eigenvalue weighted by Gasteiger charge is -2.04. The van der Waals surface area contributed by atoms with Crippen LogP contribution in [0.3, 0.4) is 0 Å². The highest BCUT2D eigenvalue weighted by Gasteiger charge is 2.04. The Morgan fingerprint density at radius 1 is 0.840 bits per heavy atom. The predicted octanol–water partition coefficient (Wildman–Crippen LogP) is 4.22. The van der Waals surface area contributed by atoms with Crippen LogP contribution in [0.5, 0.6) is 0 Å². The van der Waals surface area contributed by atoms with Crippen molar-refractivity contribution in [2.75, 3.05) is 5.32 Å². The third kappa shape index (κ3) is 5.39. The molecule has 0 saturated heterocycles. The standard InChI is InChI=1S/C21H19N3O/c25-20(14-13-18-9-5-2-6-10-18)24-21-22-15-19(16-23-21)12-11-17-7-3-1-4-8-17/h1-12,15-16H,13-14H2,(H,22,23,24,25). The SMILES string of the molecule is O=C(CCc1ccccc1)Nc1ncc(C=Cc2ccccc2)cn1. The van der Waals surface area contributed by atoms with Crippen LogP contribution in [0.2, 0.25) is 0 Å². The molecule has 1 amide bonds. The Hall–Kier alpha value is -3.27. The molecule has 0 saturated carbocycles. The summed E-state index contributed by atoms with van der Waals surface area (Å²) in [5.41, 5.74) is 3.13. The number of benzene rings is 2. The summed E-state index contributed by atoms with van der Waals surface area (Å²) in [6.45, 7) is 0. The van der Waals surface area contributed by atoms with E-state index in [1.807, 2.05) is 72.8 Å². The fourth-order valence-corrected chi connectivity index (χ4v) is 2.33. The Bertz CT molecular complexity index is 828. The van der Waals surface area contributed by atoms with Crippen molar-refractivity contribution in [1.82, 2.24) is 9.97 Å². The number of hydrogen-bond acceptors (Lipinski definition) is 3. The molecule has 0 radical (unpaired) electrons. The molecule has 1 N–H and O–H groups in total. The molecule has 4 nitrogen and oxygen atoms in total. The number of hydrogen-bond donors (Lipinski definition) is 1. The van der Waals surface area contributed by atoms with Gasteiger partial charge in [0.25, 0.3) is 0 Å². The summed E-state index contributed by atoms with van der Waals surface area (Å²) < 4.78 is 0. The van der Waals surface area contributed by atoms with Crippen LogP contribution in [0, 0.1) is 0 Å². The first-order valence-electron chi connectivity index (χ1n) is 8.18. The van der Waals surface area contributed by atoms with Crippen LogP contribution in [-0.2, 0) is 11.2 Å². The van der Waals surface area contributed by atoms with Crippen LogP contribution >= 0.6 is 0 Å². The van der Waals surface area contributed by atoms with Gasteiger partial charge in [-0.3, -0.25) is 10.1 Å². The molecule has 25 heavy (non-hydrogen) atoms. The molecule has 2 aromatic carbocycles. The maximum atomic E-state index is 12.0. The molecule has 0 aliphatic heterocycles. The van der Waals surface area contributed by atoms with E-state index in [-0.39, 0.29) is 5.91 Å². The molecule has 1 aromatic heterocycles. The number of aromatic nitrogens is 2. The number of amides is 1. The maximum Gasteiger partial charge on any atom is 0.229 e. The van der Waals surface area contributed by atoms with E-state index in [9.17, 15) is 4.79 Å². The number of nitrogens with zero attached hydrogens (tertiary/aromatic N) is 2. The minimum absolute atomic E-state index is 0.0866. The van der Waals surface area contributed by atoms with Gasteiger partial charge in [0.2, 0.25) is 11.9 Å². The molecule has 3 aromatic rings. The highest BCUT2D eigenvalue weighted by molar-refractivity contribution is 5.89. The number of rotatable bonds is 6. The second-order valence-corrected chi connectivity index (χ2v) is 5.62. The van der Waals surface area contributed by atoms with Crippen molar-refractivity contribution in [3.05, 3.63) is 89.7 Å². The van der Waals surface area contributed by atoms with Crippen molar-refractivity contribution in [2.24, 2.45) is 0 Å². The smallest absolute Gasteiger partial charge is 0.229 e. The molecular formula is C21H19N3O. The zero-order valence-corrected chi connectivity index (χ0v) is 13.8. The lowest BCUT2D eigenvalue weighted by molar-refractivity contribution is -0.116. The fraction of sp³-hybridized carbons (Fsp3) is 0.0952. The largest absolute Gasteiger partial charge is 0.295 e. The van der Waals surface area contributed by atoms with Gasteiger partial charge in [-0.05, 0) is 17.5 Å². The van der Waals surface area contributed by atoms with E-state index >= 15 is 0 Å². The molecule has 0 atom stereocenters. The summed E-state index contributed by atoms with van der Waals surface area (Å²) in [7, 11) is 0. The second kappa shape index (κ2) is 8.55. The quantitative estimate of drug-likeness (QED) is 0.737. The van der Waals surface area contributed by atoms with Gasteiger partial charge in [-0.25, -0.2) is 9.97 Å². The van der Waals surface area contributed by atoms with Crippen LogP contribution in [0.1, 0.15) is 23.1 Å². The molecular weight excluding hydrogens is 310 g/mol. The van der Waals surface area contributed by atoms with Crippen LogP contribution in [0.25, 0.3) is 12.2 Å². The van der Waals surface area contributed by atoms with Crippen LogP contribution < -0.4 is 5.32 Å². The molecule has 0 unspecified atom stereocenters. The first kappa shape index (κ1) is 16.6. The van der Waals surface area contributed by atoms with Gasteiger partial charge in [-0.15, -0.1) is 0 Å². The van der Waals surface area contributed by atoms with Crippen LogP contribution in [0.4, 0.5) is 5.95 Å². The zero-order chi connectivity index (χ0) is 17.3. The van der Waals surface area contributed by atoms with Crippen molar-refractivity contribution < 1.29 is 4.79 Å². The summed E-state index contributed by atoms with van der Waals surface area (Å²) in [6, 6.07) is 19.9. The number of carbonyl (C=O) groups is 1. The number of carbonyl (C=O) groups excluding carboxylic acids is 1. The molecule has 0 bridgehead atoms. The van der Waals surface area contributed by atoms with E-state index in [0.29, 0.717) is 18.8 Å². The average Bonchev–Trinajstić information content (AvgIpc) is 2.67. The molecule has 1 heterocycles. The highest BCUT2D eigenvalue weighted by Crippen LogP contribution is 2.08. The zero-order valence-electron chi connectivity index (χ0n) is 13.8. The fourth-order valence-electron chi connectivity index (χ4n) is 2.33. The van der Waals surface area contributed by atoms with Gasteiger partial charge < -0.3 is 0 Å². The third-order valence-electron chi connectivity index (χ3n) is 3.67. The van der Waals surface area contributed by atoms with Crippen LogP contribution in [-0.4, -0.2) is 15.9 Å². The maximum absolute atomic E-state index is 12.0. The molecule has 0 aliphatic carbocycles. The van der Waals surface area contributed by atoms with Gasteiger partial charge >= 0.3 is 0 Å². The molecule has 0 spiro atoms. The first-order valence-corrected chi connectivity index (χ1v) is 8.18. The summed E-state index contributed by atoms with van der Waals surface area (Å²) in [6.07, 6.45) is 8.43. The first-order chi connectivity index (χ1) is 12.3. The summed E-state index contributed by atoms with van der Waals surface area (Å²) >= 11 is 0. The van der Waals surface area contributed by atoms with E-state index in [0.717, 1.165) is 16.7 Å². The molecule has 0 aliphatic rings. The summed E-state index contributed by atoms with van der Waals surface area (Å²) in [5, 5.41) is 2.73. The number of nitrogens with one attached hydrogen (secondary N) is 1. The van der Waals surface area contributed by atoms with Gasteiger partial charge in [-0.1, -0.05) is 72.8 Å². The number of aryl methyl sites for hydroxylation is 1. The minimum atomic E-state index is -0.0866. The molecule has 4 heteroatoms. The van der Waals surface area contributed by atoms with Crippen molar-refractivity contribution in [2.45, 2.75) is 12.8 Å². The Kier molecular flexibility index (Phi) is 5.67. The number of anilines is 1. The van der Waals surface area contributed by atoms with E-state index in [2.05, 4.69) is 15.3 Å². The average molecular weight is 329 g/mol. The normalized spacial score (nSPS) is 10.7. The Balaban J connectivity index is 1.52. The molecule has 3 rings (SSSR count). The van der Waals surface area contributed by atoms with Gasteiger partial charge in [0.15, 0.2) is 0 Å². The van der Waals surface area contributed by atoms with Crippen LogP contribution in [0.15, 0.2) is 73.1 Å². The van der Waals surface area contributed by atoms with E-state index in [1.165, 1.54) is 0 Å². The van der Waals surface area contributed by atoms with Crippen molar-refractivity contribution >= 4 is 24.0 Å². The van der Waals surface area contributed by atoms with Crippen molar-refractivity contribution in [3.63, 3.8) is 0 Å². The highest BCUT2D eigenvalue weighted by atomic mass is 16.1. The lowest BCUT2D eigenvalue weighted by atomic mass is 10.1.